The maximum atomic E-state index is 5.87. The van der Waals surface area contributed by atoms with Crippen LogP contribution in [0, 0.1) is 0 Å². The summed E-state index contributed by atoms with van der Waals surface area (Å²) in [6.07, 6.45) is 2.23. The Hall–Kier alpha value is -1.48. The van der Waals surface area contributed by atoms with Crippen LogP contribution in [0.5, 0.6) is 0 Å². The van der Waals surface area contributed by atoms with E-state index < -0.39 is 0 Å². The summed E-state index contributed by atoms with van der Waals surface area (Å²) >= 11 is 5.87. The number of aromatic nitrogens is 2. The summed E-state index contributed by atoms with van der Waals surface area (Å²) in [6.45, 7) is 1.02. The van der Waals surface area contributed by atoms with Crippen LogP contribution in [0.2, 0.25) is 5.02 Å². The highest BCUT2D eigenvalue weighted by atomic mass is 35.5. The fraction of sp³-hybridized carbons (Fsp3) is 0.250. The lowest BCUT2D eigenvalue weighted by atomic mass is 10.1. The molecule has 1 aromatic carbocycles. The summed E-state index contributed by atoms with van der Waals surface area (Å²) in [5, 5.41) is 11.6. The summed E-state index contributed by atoms with van der Waals surface area (Å²) in [7, 11) is 0. The van der Waals surface area contributed by atoms with Crippen molar-refractivity contribution in [3.05, 3.63) is 35.0 Å². The van der Waals surface area contributed by atoms with E-state index in [4.69, 9.17) is 11.6 Å². The molecule has 0 radical (unpaired) electrons. The molecule has 1 aromatic heterocycles. The zero-order valence-corrected chi connectivity index (χ0v) is 9.51. The number of hydrogen-bond acceptors (Lipinski definition) is 2. The molecule has 82 valence electrons. The van der Waals surface area contributed by atoms with Crippen LogP contribution >= 0.6 is 11.6 Å². The van der Waals surface area contributed by atoms with E-state index >= 15 is 0 Å². The lowest BCUT2D eigenvalue weighted by molar-refractivity contribution is 0.801. The first-order valence-corrected chi connectivity index (χ1v) is 5.79. The fourth-order valence-electron chi connectivity index (χ4n) is 2.04. The minimum Gasteiger partial charge on any atom is -0.382 e. The van der Waals surface area contributed by atoms with Crippen LogP contribution in [0.15, 0.2) is 24.3 Å². The standard InChI is InChI=1S/C12H12ClN3/c13-9-5-3-8(4-6-9)11-12-10(15-16-11)2-1-7-14-12/h3-6,14H,1-2,7H2,(H,15,16). The second kappa shape index (κ2) is 3.83. The van der Waals surface area contributed by atoms with Crippen LogP contribution in [0.3, 0.4) is 0 Å². The van der Waals surface area contributed by atoms with Gasteiger partial charge >= 0.3 is 0 Å². The molecule has 3 nitrogen and oxygen atoms in total. The Kier molecular flexibility index (Phi) is 2.33. The molecular weight excluding hydrogens is 222 g/mol. The molecule has 4 heteroatoms. The normalized spacial score (nSPS) is 14.3. The van der Waals surface area contributed by atoms with Gasteiger partial charge in [-0.05, 0) is 25.0 Å². The SMILES string of the molecule is Clc1ccc(-c2n[nH]c3c2NCCC3)cc1. The van der Waals surface area contributed by atoms with Gasteiger partial charge in [0.2, 0.25) is 0 Å². The Balaban J connectivity index is 2.06. The summed E-state index contributed by atoms with van der Waals surface area (Å²) in [5.41, 5.74) is 4.44. The molecule has 0 aliphatic carbocycles. The zero-order valence-electron chi connectivity index (χ0n) is 8.76. The van der Waals surface area contributed by atoms with Crippen LogP contribution in [0.4, 0.5) is 5.69 Å². The quantitative estimate of drug-likeness (QED) is 0.795. The third kappa shape index (κ3) is 1.57. The third-order valence-corrected chi connectivity index (χ3v) is 3.12. The first-order chi connectivity index (χ1) is 7.84. The molecule has 0 bridgehead atoms. The number of rotatable bonds is 1. The molecule has 0 spiro atoms. The molecule has 2 heterocycles. The second-order valence-corrected chi connectivity index (χ2v) is 4.40. The molecule has 0 amide bonds. The van der Waals surface area contributed by atoms with Crippen molar-refractivity contribution >= 4 is 17.3 Å². The number of anilines is 1. The largest absolute Gasteiger partial charge is 0.382 e. The van der Waals surface area contributed by atoms with Gasteiger partial charge < -0.3 is 5.32 Å². The molecule has 0 saturated carbocycles. The van der Waals surface area contributed by atoms with E-state index in [0.717, 1.165) is 41.4 Å². The van der Waals surface area contributed by atoms with E-state index in [1.54, 1.807) is 0 Å². The molecule has 1 aliphatic rings. The topological polar surface area (TPSA) is 40.7 Å². The van der Waals surface area contributed by atoms with Gasteiger partial charge in [-0.1, -0.05) is 23.7 Å². The third-order valence-electron chi connectivity index (χ3n) is 2.86. The molecule has 16 heavy (non-hydrogen) atoms. The highest BCUT2D eigenvalue weighted by Gasteiger charge is 2.17. The highest BCUT2D eigenvalue weighted by Crippen LogP contribution is 2.31. The molecule has 1 aliphatic heterocycles. The Labute approximate surface area is 98.8 Å². The summed E-state index contributed by atoms with van der Waals surface area (Å²) < 4.78 is 0. The Morgan fingerprint density at radius 3 is 2.81 bits per heavy atom. The van der Waals surface area contributed by atoms with Crippen molar-refractivity contribution in [3.8, 4) is 11.3 Å². The molecule has 0 atom stereocenters. The van der Waals surface area contributed by atoms with Crippen LogP contribution in [0.1, 0.15) is 12.1 Å². The van der Waals surface area contributed by atoms with Crippen molar-refractivity contribution in [3.63, 3.8) is 0 Å². The van der Waals surface area contributed by atoms with E-state index in [9.17, 15) is 0 Å². The number of aryl methyl sites for hydroxylation is 1. The van der Waals surface area contributed by atoms with Gasteiger partial charge in [-0.25, -0.2) is 0 Å². The number of nitrogens with zero attached hydrogens (tertiary/aromatic N) is 1. The average molecular weight is 234 g/mol. The van der Waals surface area contributed by atoms with Gasteiger partial charge in [0.25, 0.3) is 0 Å². The van der Waals surface area contributed by atoms with Crippen molar-refractivity contribution in [2.45, 2.75) is 12.8 Å². The number of benzene rings is 1. The Morgan fingerprint density at radius 1 is 1.19 bits per heavy atom. The van der Waals surface area contributed by atoms with Gasteiger partial charge in [0, 0.05) is 17.1 Å². The van der Waals surface area contributed by atoms with Gasteiger partial charge in [-0.3, -0.25) is 5.10 Å². The van der Waals surface area contributed by atoms with Crippen molar-refractivity contribution in [1.82, 2.24) is 10.2 Å². The monoisotopic (exact) mass is 233 g/mol. The van der Waals surface area contributed by atoms with E-state index in [1.165, 1.54) is 5.69 Å². The number of aromatic amines is 1. The number of halogens is 1. The second-order valence-electron chi connectivity index (χ2n) is 3.96. The Bertz CT molecular complexity index is 501. The molecule has 2 N–H and O–H groups in total. The van der Waals surface area contributed by atoms with E-state index in [-0.39, 0.29) is 0 Å². The van der Waals surface area contributed by atoms with Crippen LogP contribution in [-0.2, 0) is 6.42 Å². The van der Waals surface area contributed by atoms with Crippen molar-refractivity contribution in [2.24, 2.45) is 0 Å². The zero-order chi connectivity index (χ0) is 11.0. The van der Waals surface area contributed by atoms with E-state index in [2.05, 4.69) is 15.5 Å². The first-order valence-electron chi connectivity index (χ1n) is 5.41. The molecule has 0 fully saturated rings. The van der Waals surface area contributed by atoms with E-state index in [1.807, 2.05) is 24.3 Å². The number of hydrogen-bond donors (Lipinski definition) is 2. The van der Waals surface area contributed by atoms with Gasteiger partial charge in [-0.15, -0.1) is 0 Å². The number of nitrogens with one attached hydrogen (secondary N) is 2. The van der Waals surface area contributed by atoms with Crippen molar-refractivity contribution in [1.29, 1.82) is 0 Å². The smallest absolute Gasteiger partial charge is 0.115 e. The molecule has 3 rings (SSSR count). The minimum absolute atomic E-state index is 0.751. The highest BCUT2D eigenvalue weighted by molar-refractivity contribution is 6.30. The predicted octanol–water partition coefficient (Wildman–Crippen LogP) is 3.09. The average Bonchev–Trinajstić information content (AvgIpc) is 2.74. The summed E-state index contributed by atoms with van der Waals surface area (Å²) in [4.78, 5) is 0. The van der Waals surface area contributed by atoms with Crippen molar-refractivity contribution in [2.75, 3.05) is 11.9 Å². The lowest BCUT2D eigenvalue weighted by Crippen LogP contribution is -2.10. The molecule has 2 aromatic rings. The van der Waals surface area contributed by atoms with Crippen LogP contribution in [-0.4, -0.2) is 16.7 Å². The van der Waals surface area contributed by atoms with E-state index in [0.29, 0.717) is 0 Å². The first kappa shape index (κ1) is 9.73. The fourth-order valence-corrected chi connectivity index (χ4v) is 2.17. The number of H-pyrrole nitrogens is 1. The lowest BCUT2D eigenvalue weighted by Gasteiger charge is -2.14. The molecule has 0 unspecified atom stereocenters. The predicted molar refractivity (Wildman–Crippen MR) is 65.8 cm³/mol. The maximum Gasteiger partial charge on any atom is 0.115 e. The summed E-state index contributed by atoms with van der Waals surface area (Å²) in [5.74, 6) is 0. The van der Waals surface area contributed by atoms with Gasteiger partial charge in [0.1, 0.15) is 5.69 Å². The van der Waals surface area contributed by atoms with Crippen LogP contribution < -0.4 is 5.32 Å². The Morgan fingerprint density at radius 2 is 2.00 bits per heavy atom. The minimum atomic E-state index is 0.751. The van der Waals surface area contributed by atoms with Gasteiger partial charge in [0.15, 0.2) is 0 Å². The summed E-state index contributed by atoms with van der Waals surface area (Å²) in [6, 6.07) is 7.77. The van der Waals surface area contributed by atoms with Crippen LogP contribution in [0.25, 0.3) is 11.3 Å². The van der Waals surface area contributed by atoms with Gasteiger partial charge in [-0.2, -0.15) is 5.10 Å². The maximum absolute atomic E-state index is 5.87. The molecule has 0 saturated heterocycles. The van der Waals surface area contributed by atoms with Gasteiger partial charge in [0.05, 0.1) is 11.4 Å². The number of fused-ring (bicyclic) bond motifs is 1. The van der Waals surface area contributed by atoms with Crippen molar-refractivity contribution < 1.29 is 0 Å². The molecular formula is C12H12ClN3.